The fourth-order valence-electron chi connectivity index (χ4n) is 3.41. The molecule has 1 N–H and O–H groups in total. The molecule has 0 saturated carbocycles. The van der Waals surface area contributed by atoms with Gasteiger partial charge in [-0.15, -0.1) is 24.8 Å². The topological polar surface area (TPSA) is 58.4 Å². The van der Waals surface area contributed by atoms with Crippen LogP contribution >= 0.6 is 36.4 Å². The summed E-state index contributed by atoms with van der Waals surface area (Å²) >= 11 is 6.35. The van der Waals surface area contributed by atoms with Crippen LogP contribution in [-0.4, -0.2) is 35.4 Å². The second-order valence-corrected chi connectivity index (χ2v) is 6.81. The van der Waals surface area contributed by atoms with Crippen molar-refractivity contribution in [2.24, 2.45) is 0 Å². The quantitative estimate of drug-likeness (QED) is 0.649. The number of hydrogen-bond acceptors (Lipinski definition) is 4. The molecule has 1 aliphatic heterocycles. The van der Waals surface area contributed by atoms with E-state index >= 15 is 0 Å². The molecule has 0 radical (unpaired) electrons. The number of aryl methyl sites for hydroxylation is 1. The van der Waals surface area contributed by atoms with Gasteiger partial charge < -0.3 is 14.6 Å². The van der Waals surface area contributed by atoms with Crippen molar-refractivity contribution in [1.82, 2.24) is 15.2 Å². The van der Waals surface area contributed by atoms with Gasteiger partial charge in [0.05, 0.1) is 6.04 Å². The molecule has 0 bridgehead atoms. The first-order valence-corrected chi connectivity index (χ1v) is 9.19. The summed E-state index contributed by atoms with van der Waals surface area (Å²) in [4.78, 5) is 19.2. The zero-order valence-electron chi connectivity index (χ0n) is 15.1. The Morgan fingerprint density at radius 2 is 1.93 bits per heavy atom. The maximum atomic E-state index is 12.9. The van der Waals surface area contributed by atoms with Crippen molar-refractivity contribution in [3.05, 3.63) is 65.0 Å². The SMILES string of the molecule is Cl.Cl.O=C(CCc1nc2ccccc2o1)N1CCNCC1c1ccccc1Cl. The number of fused-ring (bicyclic) bond motifs is 1. The highest BCUT2D eigenvalue weighted by molar-refractivity contribution is 6.31. The van der Waals surface area contributed by atoms with Gasteiger partial charge >= 0.3 is 0 Å². The first-order chi connectivity index (χ1) is 12.7. The van der Waals surface area contributed by atoms with E-state index in [2.05, 4.69) is 10.3 Å². The Labute approximate surface area is 181 Å². The van der Waals surface area contributed by atoms with Gasteiger partial charge in [-0.3, -0.25) is 4.79 Å². The van der Waals surface area contributed by atoms with Gasteiger partial charge in [-0.05, 0) is 23.8 Å². The Balaban J connectivity index is 0.00000140. The molecule has 3 aromatic rings. The molecule has 1 aromatic heterocycles. The van der Waals surface area contributed by atoms with E-state index in [0.29, 0.717) is 36.8 Å². The molecule has 1 atom stereocenters. The molecule has 5 nitrogen and oxygen atoms in total. The number of rotatable bonds is 4. The maximum Gasteiger partial charge on any atom is 0.223 e. The smallest absolute Gasteiger partial charge is 0.223 e. The molecule has 1 saturated heterocycles. The molecule has 8 heteroatoms. The monoisotopic (exact) mass is 441 g/mol. The molecule has 1 unspecified atom stereocenters. The molecule has 4 rings (SSSR count). The fourth-order valence-corrected chi connectivity index (χ4v) is 3.67. The predicted octanol–water partition coefficient (Wildman–Crippen LogP) is 4.43. The first kappa shape index (κ1) is 22.5. The molecule has 1 amide bonds. The average molecular weight is 443 g/mol. The van der Waals surface area contributed by atoms with Crippen molar-refractivity contribution in [3.8, 4) is 0 Å². The minimum absolute atomic E-state index is 0. The summed E-state index contributed by atoms with van der Waals surface area (Å²) in [5, 5.41) is 4.05. The lowest BCUT2D eigenvalue weighted by Gasteiger charge is -2.37. The van der Waals surface area contributed by atoms with E-state index < -0.39 is 0 Å². The number of nitrogens with zero attached hydrogens (tertiary/aromatic N) is 2. The minimum atomic E-state index is -0.0476. The van der Waals surface area contributed by atoms with Gasteiger partial charge in [0.2, 0.25) is 5.91 Å². The number of oxazole rings is 1. The molecule has 0 spiro atoms. The van der Waals surface area contributed by atoms with Crippen molar-refractivity contribution >= 4 is 53.4 Å². The van der Waals surface area contributed by atoms with E-state index in [9.17, 15) is 4.79 Å². The van der Waals surface area contributed by atoms with E-state index in [1.54, 1.807) is 0 Å². The molecule has 28 heavy (non-hydrogen) atoms. The third-order valence-electron chi connectivity index (χ3n) is 4.72. The molecule has 2 heterocycles. The van der Waals surface area contributed by atoms with Crippen LogP contribution in [0.4, 0.5) is 0 Å². The van der Waals surface area contributed by atoms with Crippen molar-refractivity contribution in [2.75, 3.05) is 19.6 Å². The zero-order valence-corrected chi connectivity index (χ0v) is 17.5. The number of carbonyl (C=O) groups excluding carboxylic acids is 1. The van der Waals surface area contributed by atoms with Crippen LogP contribution < -0.4 is 5.32 Å². The van der Waals surface area contributed by atoms with Gasteiger partial charge in [-0.2, -0.15) is 0 Å². The Kier molecular flexibility index (Phi) is 8.13. The summed E-state index contributed by atoms with van der Waals surface area (Å²) in [5.74, 6) is 0.697. The minimum Gasteiger partial charge on any atom is -0.441 e. The van der Waals surface area contributed by atoms with Gasteiger partial charge in [0.1, 0.15) is 5.52 Å². The Hall–Kier alpha value is -1.79. The summed E-state index contributed by atoms with van der Waals surface area (Å²) in [5.41, 5.74) is 2.56. The predicted molar refractivity (Wildman–Crippen MR) is 116 cm³/mol. The van der Waals surface area contributed by atoms with E-state index in [1.165, 1.54) is 0 Å². The lowest BCUT2D eigenvalue weighted by atomic mass is 10.0. The number of para-hydroxylation sites is 2. The molecule has 0 aliphatic carbocycles. The summed E-state index contributed by atoms with van der Waals surface area (Å²) < 4.78 is 5.72. The van der Waals surface area contributed by atoms with Crippen LogP contribution in [0.5, 0.6) is 0 Å². The number of nitrogens with one attached hydrogen (secondary N) is 1. The van der Waals surface area contributed by atoms with Crippen LogP contribution in [0.1, 0.15) is 23.9 Å². The number of hydrogen-bond donors (Lipinski definition) is 1. The zero-order chi connectivity index (χ0) is 17.9. The van der Waals surface area contributed by atoms with Crippen molar-refractivity contribution < 1.29 is 9.21 Å². The van der Waals surface area contributed by atoms with Gasteiger partial charge in [0.25, 0.3) is 0 Å². The van der Waals surface area contributed by atoms with Crippen LogP contribution in [0.15, 0.2) is 52.9 Å². The second-order valence-electron chi connectivity index (χ2n) is 6.40. The fraction of sp³-hybridized carbons (Fsp3) is 0.300. The average Bonchev–Trinajstić information content (AvgIpc) is 3.09. The standard InChI is InChI=1S/C20H20ClN3O2.2ClH/c21-15-6-2-1-5-14(15)17-13-22-11-12-24(17)20(25)10-9-19-23-16-7-3-4-8-18(16)26-19;;/h1-8,17,22H,9-13H2;2*1H. The molecule has 2 aromatic carbocycles. The summed E-state index contributed by atoms with van der Waals surface area (Å²) in [6, 6.07) is 15.3. The Bertz CT molecular complexity index is 899. The molecule has 1 aliphatic rings. The second kappa shape index (κ2) is 10.1. The van der Waals surface area contributed by atoms with Crippen LogP contribution in [0.2, 0.25) is 5.02 Å². The maximum absolute atomic E-state index is 12.9. The van der Waals surface area contributed by atoms with Gasteiger partial charge in [-0.1, -0.05) is 41.9 Å². The van der Waals surface area contributed by atoms with E-state index in [-0.39, 0.29) is 36.8 Å². The Morgan fingerprint density at radius 3 is 2.71 bits per heavy atom. The summed E-state index contributed by atoms with van der Waals surface area (Å²) in [6.07, 6.45) is 0.862. The number of carbonyl (C=O) groups is 1. The summed E-state index contributed by atoms with van der Waals surface area (Å²) in [7, 11) is 0. The van der Waals surface area contributed by atoms with Gasteiger partial charge in [0.15, 0.2) is 11.5 Å². The van der Waals surface area contributed by atoms with Gasteiger partial charge in [-0.25, -0.2) is 4.98 Å². The highest BCUT2D eigenvalue weighted by atomic mass is 35.5. The van der Waals surface area contributed by atoms with Gasteiger partial charge in [0, 0.05) is 37.5 Å². The van der Waals surface area contributed by atoms with Crippen molar-refractivity contribution in [3.63, 3.8) is 0 Å². The molecular formula is C20H22Cl3N3O2. The van der Waals surface area contributed by atoms with Crippen molar-refractivity contribution in [2.45, 2.75) is 18.9 Å². The van der Waals surface area contributed by atoms with E-state index in [0.717, 1.165) is 23.2 Å². The lowest BCUT2D eigenvalue weighted by molar-refractivity contribution is -0.134. The third kappa shape index (κ3) is 4.78. The summed E-state index contributed by atoms with van der Waals surface area (Å²) in [6.45, 7) is 2.16. The van der Waals surface area contributed by atoms with Crippen molar-refractivity contribution in [1.29, 1.82) is 0 Å². The van der Waals surface area contributed by atoms with Crippen LogP contribution in [-0.2, 0) is 11.2 Å². The highest BCUT2D eigenvalue weighted by Crippen LogP contribution is 2.29. The van der Waals surface area contributed by atoms with E-state index in [4.69, 9.17) is 16.0 Å². The number of amides is 1. The highest BCUT2D eigenvalue weighted by Gasteiger charge is 2.29. The largest absolute Gasteiger partial charge is 0.441 e. The lowest BCUT2D eigenvalue weighted by Crippen LogP contribution is -2.48. The number of piperazine rings is 1. The molecule has 1 fully saturated rings. The first-order valence-electron chi connectivity index (χ1n) is 8.81. The van der Waals surface area contributed by atoms with Crippen LogP contribution in [0, 0.1) is 0 Å². The van der Waals surface area contributed by atoms with E-state index in [1.807, 2.05) is 53.4 Å². The normalized spacial score (nSPS) is 16.3. The Morgan fingerprint density at radius 1 is 1.18 bits per heavy atom. The third-order valence-corrected chi connectivity index (χ3v) is 5.06. The number of halogens is 3. The molecule has 150 valence electrons. The number of benzene rings is 2. The van der Waals surface area contributed by atoms with Crippen LogP contribution in [0.25, 0.3) is 11.1 Å². The number of aromatic nitrogens is 1. The van der Waals surface area contributed by atoms with Crippen LogP contribution in [0.3, 0.4) is 0 Å². The molecular weight excluding hydrogens is 421 g/mol.